The third-order valence-electron chi connectivity index (χ3n) is 19.7. The van der Waals surface area contributed by atoms with Crippen LogP contribution in [0.5, 0.6) is 0 Å². The van der Waals surface area contributed by atoms with Crippen molar-refractivity contribution in [2.24, 2.45) is 73.6 Å². The van der Waals surface area contributed by atoms with Gasteiger partial charge in [-0.1, -0.05) is 69.3 Å². The number of H-pyrrole nitrogens is 2. The quantitative estimate of drug-likeness (QED) is 0.0150. The number of aliphatic hydroxyl groups excluding tert-OH is 3. The van der Waals surface area contributed by atoms with Gasteiger partial charge in [-0.05, 0) is 134 Å². The number of primary amides is 1. The summed E-state index contributed by atoms with van der Waals surface area (Å²) in [5, 5.41) is 55.3. The first-order valence-electron chi connectivity index (χ1n) is 31.1. The summed E-state index contributed by atoms with van der Waals surface area (Å²) >= 11 is 0. The number of para-hydroxylation sites is 1. The first-order valence-corrected chi connectivity index (χ1v) is 31.1. The summed E-state index contributed by atoms with van der Waals surface area (Å²) in [5.41, 5.74) is 21.8. The number of nitrogens with two attached hydrogens (primary N) is 3. The number of aromatic amines is 2. The number of amides is 7. The van der Waals surface area contributed by atoms with Crippen LogP contribution in [0.4, 0.5) is 0 Å². The van der Waals surface area contributed by atoms with Gasteiger partial charge in [0.05, 0.1) is 24.6 Å². The molecule has 0 bridgehead atoms. The molecule has 4 aromatic rings. The molecule has 478 valence electrons. The van der Waals surface area contributed by atoms with Crippen LogP contribution in [0, 0.1) is 46.3 Å². The minimum atomic E-state index is -1.30. The van der Waals surface area contributed by atoms with E-state index in [4.69, 9.17) is 17.2 Å². The van der Waals surface area contributed by atoms with E-state index in [2.05, 4.69) is 83.1 Å². The van der Waals surface area contributed by atoms with Gasteiger partial charge < -0.3 is 79.8 Å². The van der Waals surface area contributed by atoms with Crippen LogP contribution in [0.2, 0.25) is 0 Å². The van der Waals surface area contributed by atoms with Gasteiger partial charge >= 0.3 is 0 Å². The summed E-state index contributed by atoms with van der Waals surface area (Å²) in [5.74, 6) is -3.29. The van der Waals surface area contributed by atoms with Crippen LogP contribution >= 0.6 is 0 Å². The molecule has 4 aliphatic rings. The second-order valence-electron chi connectivity index (χ2n) is 25.3. The Kier molecular flexibility index (Phi) is 22.8. The number of carbonyl (C=O) groups is 7. The number of carbonyl (C=O) groups excluding carboxylic acids is 7. The molecule has 88 heavy (non-hydrogen) atoms. The van der Waals surface area contributed by atoms with E-state index in [0.29, 0.717) is 49.9 Å². The molecule has 15 atom stereocenters. The molecule has 0 radical (unpaired) electrons. The molecule has 4 fully saturated rings. The molecule has 2 aromatic carbocycles. The molecule has 25 heteroatoms. The molecule has 4 aliphatic carbocycles. The van der Waals surface area contributed by atoms with Gasteiger partial charge in [-0.3, -0.25) is 38.6 Å². The Balaban J connectivity index is 0.790. The normalized spacial score (nSPS) is 26.3. The van der Waals surface area contributed by atoms with Crippen molar-refractivity contribution in [2.75, 3.05) is 26.2 Å². The van der Waals surface area contributed by atoms with E-state index >= 15 is 0 Å². The van der Waals surface area contributed by atoms with Crippen molar-refractivity contribution in [3.8, 4) is 0 Å². The predicted octanol–water partition coefficient (Wildman–Crippen LogP) is 0.973. The monoisotopic (exact) mass is 1220 g/mol. The van der Waals surface area contributed by atoms with Gasteiger partial charge in [-0.15, -0.1) is 0 Å². The van der Waals surface area contributed by atoms with Gasteiger partial charge in [0.15, 0.2) is 5.96 Å². The Labute approximate surface area is 513 Å². The Morgan fingerprint density at radius 3 is 2.19 bits per heavy atom. The molecule has 0 spiro atoms. The van der Waals surface area contributed by atoms with Gasteiger partial charge in [0.25, 0.3) is 5.91 Å². The van der Waals surface area contributed by atoms with Crippen LogP contribution in [0.3, 0.4) is 0 Å². The van der Waals surface area contributed by atoms with E-state index in [9.17, 15) is 48.9 Å². The molecule has 2 heterocycles. The van der Waals surface area contributed by atoms with Crippen LogP contribution in [0.15, 0.2) is 83.4 Å². The van der Waals surface area contributed by atoms with Crippen molar-refractivity contribution in [1.82, 2.24) is 52.3 Å². The number of nitrogens with one attached hydrogen (secondary N) is 9. The molecule has 25 nitrogen and oxygen atoms in total. The highest BCUT2D eigenvalue weighted by Crippen LogP contribution is 2.68. The number of hydrogen-bond acceptors (Lipinski definition) is 14. The third-order valence-corrected chi connectivity index (χ3v) is 19.7. The number of guanidine groups is 1. The van der Waals surface area contributed by atoms with Crippen LogP contribution in [0.1, 0.15) is 115 Å². The largest absolute Gasteiger partial charge is 0.393 e. The number of benzene rings is 2. The van der Waals surface area contributed by atoms with Gasteiger partial charge in [-0.25, -0.2) is 4.98 Å². The summed E-state index contributed by atoms with van der Waals surface area (Å²) in [6.45, 7) is 6.96. The number of hydrogen-bond donors (Lipinski definition) is 15. The van der Waals surface area contributed by atoms with Crippen LogP contribution < -0.4 is 54.5 Å². The SMILES string of the molecule is C[C@H](CCC(=O)NCCCNC(=O)/C=N/NCC(=O)N[C@@H](Cc1cnc[nH]1)C(=O)N[C@H](Cc1ccccc1)C(=O)N[C@@H](CCCN=C(N)N)C(=O)N[C@@H](Cc1c[nH]c2ccccc12)C(N)=O)[C@H]1CC[C@H]2[C@@H]3[C@H](O)C[C@@H]4C[C@H](O)CC[C@]4(C)[C@H]3C[C@H](O)[C@]12C. The highest BCUT2D eigenvalue weighted by Gasteiger charge is 2.65. The first kappa shape index (κ1) is 66.1. The lowest BCUT2D eigenvalue weighted by Gasteiger charge is -2.63. The number of aliphatic imine (C=N–C) groups is 1. The lowest BCUT2D eigenvalue weighted by atomic mass is 9.43. The first-order chi connectivity index (χ1) is 42.1. The molecule has 0 saturated heterocycles. The predicted molar refractivity (Wildman–Crippen MR) is 331 cm³/mol. The van der Waals surface area contributed by atoms with Crippen molar-refractivity contribution in [1.29, 1.82) is 0 Å². The molecule has 7 amide bonds. The zero-order chi connectivity index (χ0) is 63.1. The van der Waals surface area contributed by atoms with E-state index in [0.717, 1.165) is 54.8 Å². The highest BCUT2D eigenvalue weighted by molar-refractivity contribution is 6.26. The molecule has 4 saturated carbocycles. The Hall–Kier alpha value is -7.90. The molecular weight excluding hydrogens is 1130 g/mol. The highest BCUT2D eigenvalue weighted by atomic mass is 16.3. The zero-order valence-corrected chi connectivity index (χ0v) is 50.7. The number of nitrogens with zero attached hydrogens (tertiary/aromatic N) is 3. The van der Waals surface area contributed by atoms with E-state index in [1.165, 1.54) is 12.5 Å². The van der Waals surface area contributed by atoms with Gasteiger partial charge in [0.1, 0.15) is 36.9 Å². The average Bonchev–Trinajstić information content (AvgIpc) is 1.30. The second-order valence-corrected chi connectivity index (χ2v) is 25.3. The molecule has 8 rings (SSSR count). The summed E-state index contributed by atoms with van der Waals surface area (Å²) in [7, 11) is 0. The van der Waals surface area contributed by atoms with Crippen molar-refractivity contribution in [2.45, 2.75) is 160 Å². The third kappa shape index (κ3) is 16.6. The number of rotatable bonds is 30. The van der Waals surface area contributed by atoms with Crippen molar-refractivity contribution < 1.29 is 48.9 Å². The van der Waals surface area contributed by atoms with Crippen molar-refractivity contribution >= 4 is 64.4 Å². The molecular formula is C63H91N15O10. The van der Waals surface area contributed by atoms with Crippen molar-refractivity contribution in [3.63, 3.8) is 0 Å². The minimum Gasteiger partial charge on any atom is -0.393 e. The second kappa shape index (κ2) is 30.3. The minimum absolute atomic E-state index is 0.00332. The van der Waals surface area contributed by atoms with Gasteiger partial charge in [0, 0.05) is 74.3 Å². The topological polar surface area (TPSA) is 412 Å². The smallest absolute Gasteiger partial charge is 0.264 e. The average molecular weight is 1220 g/mol. The summed E-state index contributed by atoms with van der Waals surface area (Å²) in [6, 6.07) is 11.3. The lowest BCUT2D eigenvalue weighted by Crippen LogP contribution is -2.62. The Morgan fingerprint density at radius 1 is 0.750 bits per heavy atom. The maximum atomic E-state index is 14.4. The standard InChI is InChI=1S/C63H91N15O10/c1-36(43-17-18-44-56-45(30-52(81)63(43,44)3)62(2)21-20-41(79)27-39(62)28-51(56)80)16-19-53(82)68-23-10-24-69-54(83)33-73-74-34-55(84)75-50(29-40-32-67-35-72-40)60(88)78-49(25-37-11-5-4-6-12-37)59(87)76-47(15-9-22-70-61(65)66)58(86)77-48(57(64)85)26-38-31-71-46-14-8-7-13-42(38)46/h4-8,11-14,31-33,35-36,39,41,43-45,47-52,56,71,74,79-81H,9-10,15-30,34H2,1-3H3,(H2,64,85)(H,67,72)(H,68,82)(H,69,83)(H,75,84)(H,76,87)(H,77,86)(H,78,88)(H4,65,66,70)/b73-33+/t36-,39+,41-,43-,44+,45+,47+,48+,49-,50+,51-,52+,56+,62+,63-/m1/s1. The fourth-order valence-corrected chi connectivity index (χ4v) is 15.0. The molecule has 0 aliphatic heterocycles. The summed E-state index contributed by atoms with van der Waals surface area (Å²) in [6.07, 6.45) is 11.7. The number of aromatic nitrogens is 3. The number of aliphatic hydroxyl groups is 3. The van der Waals surface area contributed by atoms with E-state index in [1.54, 1.807) is 36.5 Å². The fraction of sp³-hybridized carbons (Fsp3) is 0.587. The maximum Gasteiger partial charge on any atom is 0.264 e. The fourth-order valence-electron chi connectivity index (χ4n) is 15.0. The molecule has 18 N–H and O–H groups in total. The Morgan fingerprint density at radius 2 is 1.45 bits per heavy atom. The Bertz CT molecular complexity index is 3080. The molecule has 2 aromatic heterocycles. The van der Waals surface area contributed by atoms with Crippen LogP contribution in [-0.2, 0) is 52.8 Å². The van der Waals surface area contributed by atoms with Crippen LogP contribution in [0.25, 0.3) is 10.9 Å². The summed E-state index contributed by atoms with van der Waals surface area (Å²) < 4.78 is 0. The van der Waals surface area contributed by atoms with Crippen LogP contribution in [-0.4, -0.2) is 152 Å². The van der Waals surface area contributed by atoms with Gasteiger partial charge in [0.2, 0.25) is 35.4 Å². The lowest BCUT2D eigenvalue weighted by molar-refractivity contribution is -0.207. The number of fused-ring (bicyclic) bond motifs is 6. The zero-order valence-electron chi connectivity index (χ0n) is 50.7. The van der Waals surface area contributed by atoms with E-state index in [1.807, 2.05) is 24.3 Å². The van der Waals surface area contributed by atoms with E-state index < -0.39 is 78.4 Å². The number of hydrazone groups is 1. The number of imidazole rings is 1. The van der Waals surface area contributed by atoms with E-state index in [-0.39, 0.29) is 110 Å². The van der Waals surface area contributed by atoms with Crippen molar-refractivity contribution in [3.05, 3.63) is 90.1 Å². The maximum absolute atomic E-state index is 14.4. The van der Waals surface area contributed by atoms with Gasteiger partial charge in [-0.2, -0.15) is 5.10 Å². The molecule has 0 unspecified atom stereocenters. The summed E-state index contributed by atoms with van der Waals surface area (Å²) in [4.78, 5) is 109.